The molecule has 1 N–H and O–H groups in total. The summed E-state index contributed by atoms with van der Waals surface area (Å²) < 4.78 is 1.83. The van der Waals surface area contributed by atoms with Gasteiger partial charge in [0.1, 0.15) is 0 Å². The van der Waals surface area contributed by atoms with Crippen LogP contribution in [0.15, 0.2) is 24.3 Å². The molecule has 146 valence electrons. The summed E-state index contributed by atoms with van der Waals surface area (Å²) in [5, 5.41) is 8.64. The van der Waals surface area contributed by atoms with Gasteiger partial charge in [0.2, 0.25) is 0 Å². The molecular weight excluding hydrogens is 383 g/mol. The van der Waals surface area contributed by atoms with Gasteiger partial charge in [0.05, 0.1) is 22.1 Å². The molecule has 0 radical (unpaired) electrons. The molecule has 1 aromatic carbocycles. The summed E-state index contributed by atoms with van der Waals surface area (Å²) >= 11 is 6.24. The second-order valence-corrected chi connectivity index (χ2v) is 7.87. The number of halogens is 2. The zero-order chi connectivity index (χ0) is 18.3. The van der Waals surface area contributed by atoms with E-state index < -0.39 is 0 Å². The van der Waals surface area contributed by atoms with Gasteiger partial charge in [0.15, 0.2) is 0 Å². The highest BCUT2D eigenvalue weighted by Crippen LogP contribution is 2.28. The number of nitrogens with zero attached hydrogens (tertiary/aromatic N) is 3. The van der Waals surface area contributed by atoms with Crippen LogP contribution in [0, 0.1) is 25.7 Å². The summed E-state index contributed by atoms with van der Waals surface area (Å²) in [5.74, 6) is 1.59. The Bertz CT molecular complexity index is 804. The lowest BCUT2D eigenvalue weighted by atomic mass is 9.92. The maximum absolute atomic E-state index is 12.9. The number of carbonyl (C=O) groups is 1. The van der Waals surface area contributed by atoms with E-state index in [0.717, 1.165) is 73.5 Å². The first kappa shape index (κ1) is 20.2. The number of aryl methyl sites for hydroxylation is 1. The van der Waals surface area contributed by atoms with Gasteiger partial charge < -0.3 is 10.2 Å². The number of hydrogen-bond donors (Lipinski definition) is 1. The molecule has 2 aromatic rings. The lowest BCUT2D eigenvalue weighted by Crippen LogP contribution is -2.32. The van der Waals surface area contributed by atoms with Gasteiger partial charge >= 0.3 is 0 Å². The zero-order valence-electron chi connectivity index (χ0n) is 15.7. The van der Waals surface area contributed by atoms with Crippen molar-refractivity contribution in [3.8, 4) is 5.69 Å². The number of amides is 1. The van der Waals surface area contributed by atoms with Crippen LogP contribution < -0.4 is 5.32 Å². The number of rotatable bonds is 2. The van der Waals surface area contributed by atoms with Crippen molar-refractivity contribution >= 4 is 29.9 Å². The average Bonchev–Trinajstić information content (AvgIpc) is 3.14. The first-order valence-corrected chi connectivity index (χ1v) is 9.74. The normalized spacial score (nSPS) is 22.1. The molecule has 5 nitrogen and oxygen atoms in total. The van der Waals surface area contributed by atoms with E-state index in [1.165, 1.54) is 0 Å². The van der Waals surface area contributed by atoms with E-state index in [-0.39, 0.29) is 18.3 Å². The van der Waals surface area contributed by atoms with Gasteiger partial charge in [-0.2, -0.15) is 5.10 Å². The average molecular weight is 409 g/mol. The topological polar surface area (TPSA) is 50.2 Å². The molecule has 3 heterocycles. The summed E-state index contributed by atoms with van der Waals surface area (Å²) in [5.41, 5.74) is 3.39. The number of likely N-dealkylation sites (tertiary alicyclic amines) is 1. The van der Waals surface area contributed by atoms with Crippen LogP contribution in [0.3, 0.4) is 0 Å². The Morgan fingerprint density at radius 1 is 1.11 bits per heavy atom. The van der Waals surface area contributed by atoms with Crippen LogP contribution in [-0.4, -0.2) is 46.8 Å². The predicted molar refractivity (Wildman–Crippen MR) is 110 cm³/mol. The summed E-state index contributed by atoms with van der Waals surface area (Å²) in [6, 6.07) is 7.68. The Kier molecular flexibility index (Phi) is 6.14. The van der Waals surface area contributed by atoms with E-state index in [1.807, 2.05) is 47.7 Å². The van der Waals surface area contributed by atoms with Crippen molar-refractivity contribution in [3.63, 3.8) is 0 Å². The van der Waals surface area contributed by atoms with Crippen LogP contribution in [0.25, 0.3) is 5.69 Å². The molecule has 2 atom stereocenters. The monoisotopic (exact) mass is 408 g/mol. The van der Waals surface area contributed by atoms with E-state index in [4.69, 9.17) is 11.6 Å². The second-order valence-electron chi connectivity index (χ2n) is 7.49. The number of carbonyl (C=O) groups excluding carboxylic acids is 1. The fourth-order valence-electron chi connectivity index (χ4n) is 4.22. The fraction of sp³-hybridized carbons (Fsp3) is 0.500. The highest BCUT2D eigenvalue weighted by Gasteiger charge is 2.31. The molecule has 0 saturated carbocycles. The predicted octanol–water partition coefficient (Wildman–Crippen LogP) is 3.64. The van der Waals surface area contributed by atoms with E-state index in [0.29, 0.717) is 5.02 Å². The molecule has 2 aliphatic heterocycles. The van der Waals surface area contributed by atoms with Gasteiger partial charge in [-0.05, 0) is 75.9 Å². The van der Waals surface area contributed by atoms with Gasteiger partial charge in [0, 0.05) is 18.7 Å². The minimum Gasteiger partial charge on any atom is -0.339 e. The molecule has 0 spiro atoms. The molecule has 1 aromatic heterocycles. The van der Waals surface area contributed by atoms with Crippen LogP contribution in [0.2, 0.25) is 5.02 Å². The Morgan fingerprint density at radius 3 is 2.22 bits per heavy atom. The highest BCUT2D eigenvalue weighted by molar-refractivity contribution is 6.31. The first-order chi connectivity index (χ1) is 12.5. The maximum Gasteiger partial charge on any atom is 0.253 e. The Morgan fingerprint density at radius 2 is 1.70 bits per heavy atom. The summed E-state index contributed by atoms with van der Waals surface area (Å²) in [6.45, 7) is 7.77. The molecule has 0 aliphatic carbocycles. The van der Waals surface area contributed by atoms with E-state index in [9.17, 15) is 4.79 Å². The number of fused-ring (bicyclic) bond motifs is 1. The van der Waals surface area contributed by atoms with Crippen LogP contribution in [0.4, 0.5) is 0 Å². The van der Waals surface area contributed by atoms with Crippen LogP contribution in [0.1, 0.15) is 34.6 Å². The molecule has 27 heavy (non-hydrogen) atoms. The van der Waals surface area contributed by atoms with Crippen molar-refractivity contribution in [1.82, 2.24) is 20.0 Å². The minimum atomic E-state index is 0. The number of benzene rings is 1. The summed E-state index contributed by atoms with van der Waals surface area (Å²) in [6.07, 6.45) is 2.21. The van der Waals surface area contributed by atoms with Gasteiger partial charge in [-0.3, -0.25) is 4.79 Å². The Labute approximate surface area is 171 Å². The quantitative estimate of drug-likeness (QED) is 0.824. The second kappa shape index (κ2) is 8.21. The largest absolute Gasteiger partial charge is 0.339 e. The molecular formula is C20H26Cl2N4O. The lowest BCUT2D eigenvalue weighted by molar-refractivity contribution is 0.0758. The van der Waals surface area contributed by atoms with E-state index in [2.05, 4.69) is 10.4 Å². The van der Waals surface area contributed by atoms with Crippen LogP contribution >= 0.6 is 24.0 Å². The van der Waals surface area contributed by atoms with Crippen molar-refractivity contribution in [2.45, 2.75) is 26.7 Å². The van der Waals surface area contributed by atoms with Gasteiger partial charge in [-0.1, -0.05) is 11.6 Å². The SMILES string of the molecule is Cc1nn(-c2ccc(C(=O)N3CC[C@@H]4CNC[C@@H]4CC3)cc2)c(C)c1Cl.Cl. The molecule has 2 aliphatic rings. The molecule has 1 amide bonds. The molecule has 4 rings (SSSR count). The molecule has 0 unspecified atom stereocenters. The molecule has 0 bridgehead atoms. The van der Waals surface area contributed by atoms with E-state index in [1.54, 1.807) is 0 Å². The highest BCUT2D eigenvalue weighted by atomic mass is 35.5. The van der Waals surface area contributed by atoms with Crippen molar-refractivity contribution in [2.24, 2.45) is 11.8 Å². The lowest BCUT2D eigenvalue weighted by Gasteiger charge is -2.21. The number of hydrogen-bond acceptors (Lipinski definition) is 3. The third kappa shape index (κ3) is 3.86. The fourth-order valence-corrected chi connectivity index (χ4v) is 4.34. The van der Waals surface area contributed by atoms with Crippen LogP contribution in [0.5, 0.6) is 0 Å². The van der Waals surface area contributed by atoms with Crippen LogP contribution in [-0.2, 0) is 0 Å². The van der Waals surface area contributed by atoms with Crippen molar-refractivity contribution in [3.05, 3.63) is 46.2 Å². The van der Waals surface area contributed by atoms with Crippen molar-refractivity contribution < 1.29 is 4.79 Å². The summed E-state index contributed by atoms with van der Waals surface area (Å²) in [4.78, 5) is 14.9. The smallest absolute Gasteiger partial charge is 0.253 e. The zero-order valence-corrected chi connectivity index (χ0v) is 17.3. The number of nitrogens with one attached hydrogen (secondary N) is 1. The van der Waals surface area contributed by atoms with Crippen molar-refractivity contribution in [2.75, 3.05) is 26.2 Å². The maximum atomic E-state index is 12.9. The number of aromatic nitrogens is 2. The Balaban J connectivity index is 0.00000210. The third-order valence-corrected chi connectivity index (χ3v) is 6.42. The molecule has 2 fully saturated rings. The van der Waals surface area contributed by atoms with Gasteiger partial charge in [-0.25, -0.2) is 4.68 Å². The first-order valence-electron chi connectivity index (χ1n) is 9.36. The Hall–Kier alpha value is -1.56. The standard InChI is InChI=1S/C20H25ClN4O.ClH/c1-13-19(21)14(2)25(23-13)18-5-3-15(4-6-18)20(26)24-9-7-16-11-22-12-17(16)8-10-24;/h3-6,16-17,22H,7-12H2,1-2H3;1H/t16-,17+;. The summed E-state index contributed by atoms with van der Waals surface area (Å²) in [7, 11) is 0. The minimum absolute atomic E-state index is 0. The molecule has 2 saturated heterocycles. The van der Waals surface area contributed by atoms with Gasteiger partial charge in [0.25, 0.3) is 5.91 Å². The van der Waals surface area contributed by atoms with E-state index >= 15 is 0 Å². The van der Waals surface area contributed by atoms with Crippen molar-refractivity contribution in [1.29, 1.82) is 0 Å². The molecule has 7 heteroatoms. The van der Waals surface area contributed by atoms with Gasteiger partial charge in [-0.15, -0.1) is 12.4 Å². The third-order valence-electron chi connectivity index (χ3n) is 5.87.